The standard InChI is InChI=1S/C9H9N3O2S2/c10-7-2-1-3-8(6-7)16(13,14)12-9-11-4-5-15-9/h1-6H,10H2,(H,11,12). The first-order chi connectivity index (χ1) is 7.58. The molecule has 84 valence electrons. The summed E-state index contributed by atoms with van der Waals surface area (Å²) in [4.78, 5) is 3.97. The van der Waals surface area contributed by atoms with E-state index in [1.807, 2.05) is 0 Å². The largest absolute Gasteiger partial charge is 0.399 e. The van der Waals surface area contributed by atoms with E-state index in [4.69, 9.17) is 5.73 Å². The lowest BCUT2D eigenvalue weighted by molar-refractivity contribution is 0.601. The van der Waals surface area contributed by atoms with E-state index in [-0.39, 0.29) is 4.90 Å². The first kappa shape index (κ1) is 10.9. The van der Waals surface area contributed by atoms with E-state index in [0.29, 0.717) is 10.8 Å². The van der Waals surface area contributed by atoms with Crippen molar-refractivity contribution in [1.82, 2.24) is 4.98 Å². The Morgan fingerprint density at radius 1 is 1.38 bits per heavy atom. The highest BCUT2D eigenvalue weighted by Gasteiger charge is 2.15. The van der Waals surface area contributed by atoms with Crippen LogP contribution >= 0.6 is 11.3 Å². The summed E-state index contributed by atoms with van der Waals surface area (Å²) in [7, 11) is -3.59. The molecule has 16 heavy (non-hydrogen) atoms. The van der Waals surface area contributed by atoms with E-state index in [1.54, 1.807) is 17.5 Å². The zero-order chi connectivity index (χ0) is 11.6. The van der Waals surface area contributed by atoms with Crippen LogP contribution in [-0.4, -0.2) is 13.4 Å². The molecule has 0 aliphatic heterocycles. The number of nitrogens with two attached hydrogens (primary N) is 1. The summed E-state index contributed by atoms with van der Waals surface area (Å²) in [5.41, 5.74) is 5.93. The van der Waals surface area contributed by atoms with E-state index in [1.165, 1.54) is 29.7 Å². The summed E-state index contributed by atoms with van der Waals surface area (Å²) in [5, 5.41) is 2.03. The molecule has 0 saturated heterocycles. The fraction of sp³-hybridized carbons (Fsp3) is 0. The van der Waals surface area contributed by atoms with E-state index in [9.17, 15) is 8.42 Å². The maximum Gasteiger partial charge on any atom is 0.263 e. The maximum absolute atomic E-state index is 11.9. The highest BCUT2D eigenvalue weighted by molar-refractivity contribution is 7.93. The number of hydrogen-bond donors (Lipinski definition) is 2. The molecule has 2 aromatic rings. The molecule has 0 aliphatic carbocycles. The van der Waals surface area contributed by atoms with Gasteiger partial charge < -0.3 is 5.73 Å². The highest BCUT2D eigenvalue weighted by atomic mass is 32.2. The zero-order valence-electron chi connectivity index (χ0n) is 8.12. The predicted molar refractivity (Wildman–Crippen MR) is 63.8 cm³/mol. The molecule has 0 amide bonds. The number of nitrogens with one attached hydrogen (secondary N) is 1. The Morgan fingerprint density at radius 2 is 2.19 bits per heavy atom. The third-order valence-corrected chi connectivity index (χ3v) is 3.98. The molecule has 0 fully saturated rings. The van der Waals surface area contributed by atoms with E-state index in [2.05, 4.69) is 9.71 Å². The van der Waals surface area contributed by atoms with Crippen LogP contribution in [0.3, 0.4) is 0 Å². The number of nitrogens with zero attached hydrogens (tertiary/aromatic N) is 1. The highest BCUT2D eigenvalue weighted by Crippen LogP contribution is 2.18. The first-order valence-corrected chi connectivity index (χ1v) is 6.72. The quantitative estimate of drug-likeness (QED) is 0.814. The maximum atomic E-state index is 11.9. The topological polar surface area (TPSA) is 85.1 Å². The lowest BCUT2D eigenvalue weighted by atomic mass is 10.3. The molecule has 0 aliphatic rings. The van der Waals surface area contributed by atoms with Gasteiger partial charge in [-0.05, 0) is 18.2 Å². The van der Waals surface area contributed by atoms with Crippen molar-refractivity contribution in [2.24, 2.45) is 0 Å². The number of benzene rings is 1. The van der Waals surface area contributed by atoms with Crippen LogP contribution in [0.25, 0.3) is 0 Å². The molecule has 0 bridgehead atoms. The lowest BCUT2D eigenvalue weighted by Crippen LogP contribution is -2.12. The molecule has 0 spiro atoms. The van der Waals surface area contributed by atoms with Crippen molar-refractivity contribution in [2.75, 3.05) is 10.5 Å². The minimum Gasteiger partial charge on any atom is -0.399 e. The molecule has 0 saturated carbocycles. The van der Waals surface area contributed by atoms with Crippen LogP contribution in [0.4, 0.5) is 10.8 Å². The number of aromatic nitrogens is 1. The van der Waals surface area contributed by atoms with Crippen molar-refractivity contribution >= 4 is 32.2 Å². The molecule has 0 atom stereocenters. The van der Waals surface area contributed by atoms with Crippen molar-refractivity contribution in [1.29, 1.82) is 0 Å². The zero-order valence-corrected chi connectivity index (χ0v) is 9.75. The molecule has 0 radical (unpaired) electrons. The number of anilines is 2. The smallest absolute Gasteiger partial charge is 0.263 e. The van der Waals surface area contributed by atoms with Gasteiger partial charge in [0.25, 0.3) is 10.0 Å². The predicted octanol–water partition coefficient (Wildman–Crippen LogP) is 1.53. The molecular formula is C9H9N3O2S2. The fourth-order valence-corrected chi connectivity index (χ4v) is 2.97. The number of sulfonamides is 1. The van der Waals surface area contributed by atoms with E-state index in [0.717, 1.165) is 0 Å². The number of hydrogen-bond acceptors (Lipinski definition) is 5. The number of thiazole rings is 1. The van der Waals surface area contributed by atoms with Crippen molar-refractivity contribution in [3.63, 3.8) is 0 Å². The van der Waals surface area contributed by atoms with E-state index < -0.39 is 10.0 Å². The van der Waals surface area contributed by atoms with Gasteiger partial charge in [-0.2, -0.15) is 0 Å². The molecule has 3 N–H and O–H groups in total. The Labute approximate surface area is 97.0 Å². The molecular weight excluding hydrogens is 246 g/mol. The average Bonchev–Trinajstić information content (AvgIpc) is 2.70. The van der Waals surface area contributed by atoms with Crippen LogP contribution in [0, 0.1) is 0 Å². The Balaban J connectivity index is 2.33. The van der Waals surface area contributed by atoms with Gasteiger partial charge in [0, 0.05) is 17.3 Å². The average molecular weight is 255 g/mol. The third kappa shape index (κ3) is 2.31. The summed E-state index contributed by atoms with van der Waals surface area (Å²) in [5.74, 6) is 0. The summed E-state index contributed by atoms with van der Waals surface area (Å²) in [6.45, 7) is 0. The van der Waals surface area contributed by atoms with Crippen molar-refractivity contribution in [3.8, 4) is 0 Å². The molecule has 5 nitrogen and oxygen atoms in total. The van der Waals surface area contributed by atoms with Gasteiger partial charge in [-0.15, -0.1) is 11.3 Å². The second kappa shape index (κ2) is 4.11. The number of rotatable bonds is 3. The Bertz CT molecular complexity index is 579. The van der Waals surface area contributed by atoms with Crippen LogP contribution in [0.15, 0.2) is 40.7 Å². The Morgan fingerprint density at radius 3 is 2.81 bits per heavy atom. The number of nitrogen functional groups attached to an aromatic ring is 1. The summed E-state index contributed by atoms with van der Waals surface area (Å²) in [6, 6.07) is 6.09. The van der Waals surface area contributed by atoms with Crippen molar-refractivity contribution < 1.29 is 8.42 Å². The minimum atomic E-state index is -3.59. The summed E-state index contributed by atoms with van der Waals surface area (Å²) >= 11 is 1.22. The summed E-state index contributed by atoms with van der Waals surface area (Å²) < 4.78 is 26.1. The van der Waals surface area contributed by atoms with Crippen LogP contribution in [0.5, 0.6) is 0 Å². The van der Waals surface area contributed by atoms with Gasteiger partial charge in [0.05, 0.1) is 4.90 Å². The van der Waals surface area contributed by atoms with Gasteiger partial charge in [-0.25, -0.2) is 13.4 Å². The van der Waals surface area contributed by atoms with Crippen LogP contribution in [0.2, 0.25) is 0 Å². The van der Waals surface area contributed by atoms with Gasteiger partial charge in [0.15, 0.2) is 5.13 Å². The summed E-state index contributed by atoms with van der Waals surface area (Å²) in [6.07, 6.45) is 1.53. The monoisotopic (exact) mass is 255 g/mol. The van der Waals surface area contributed by atoms with Gasteiger partial charge in [0.1, 0.15) is 0 Å². The lowest BCUT2D eigenvalue weighted by Gasteiger charge is -2.05. The van der Waals surface area contributed by atoms with Crippen LogP contribution < -0.4 is 10.5 Å². The molecule has 1 heterocycles. The van der Waals surface area contributed by atoms with Crippen LogP contribution in [-0.2, 0) is 10.0 Å². The Kier molecular flexibility index (Phi) is 2.80. The van der Waals surface area contributed by atoms with Gasteiger partial charge in [0.2, 0.25) is 0 Å². The molecule has 0 unspecified atom stereocenters. The van der Waals surface area contributed by atoms with E-state index >= 15 is 0 Å². The first-order valence-electron chi connectivity index (χ1n) is 4.36. The van der Waals surface area contributed by atoms with Gasteiger partial charge >= 0.3 is 0 Å². The second-order valence-electron chi connectivity index (χ2n) is 3.02. The molecule has 7 heteroatoms. The minimum absolute atomic E-state index is 0.128. The SMILES string of the molecule is Nc1cccc(S(=O)(=O)Nc2nccs2)c1. The third-order valence-electron chi connectivity index (χ3n) is 1.82. The Hall–Kier alpha value is -1.60. The van der Waals surface area contributed by atoms with Crippen molar-refractivity contribution in [2.45, 2.75) is 4.90 Å². The normalized spacial score (nSPS) is 11.2. The van der Waals surface area contributed by atoms with Crippen LogP contribution in [0.1, 0.15) is 0 Å². The van der Waals surface area contributed by atoms with Gasteiger partial charge in [-0.1, -0.05) is 6.07 Å². The molecule has 1 aromatic carbocycles. The molecule has 1 aromatic heterocycles. The molecule has 2 rings (SSSR count). The van der Waals surface area contributed by atoms with Crippen molar-refractivity contribution in [3.05, 3.63) is 35.8 Å². The van der Waals surface area contributed by atoms with Gasteiger partial charge in [-0.3, -0.25) is 4.72 Å². The fourth-order valence-electron chi connectivity index (χ4n) is 1.13. The second-order valence-corrected chi connectivity index (χ2v) is 5.59.